The summed E-state index contributed by atoms with van der Waals surface area (Å²) in [5, 5.41) is 9.76. The molecule has 0 amide bonds. The van der Waals surface area contributed by atoms with Crippen molar-refractivity contribution in [1.29, 1.82) is 0 Å². The molecule has 100 valence electrons. The molecule has 2 aromatic carbocycles. The number of halogens is 1. The van der Waals surface area contributed by atoms with Crippen LogP contribution in [0.1, 0.15) is 29.7 Å². The molecule has 0 aliphatic carbocycles. The predicted molar refractivity (Wildman–Crippen MR) is 80.3 cm³/mol. The molecule has 0 heterocycles. The third kappa shape index (κ3) is 3.58. The summed E-state index contributed by atoms with van der Waals surface area (Å²) >= 11 is 3.50. The van der Waals surface area contributed by atoms with Crippen LogP contribution in [0.2, 0.25) is 0 Å². The Bertz CT molecular complexity index is 564. The highest BCUT2D eigenvalue weighted by Gasteiger charge is 2.10. The second-order valence-corrected chi connectivity index (χ2v) is 5.45. The summed E-state index contributed by atoms with van der Waals surface area (Å²) < 4.78 is 6.89. The Morgan fingerprint density at radius 3 is 2.63 bits per heavy atom. The molecule has 2 aromatic rings. The minimum Gasteiger partial charge on any atom is -0.488 e. The predicted octanol–water partition coefficient (Wildman–Crippen LogP) is 4.39. The van der Waals surface area contributed by atoms with Crippen molar-refractivity contribution in [3.63, 3.8) is 0 Å². The third-order valence-electron chi connectivity index (χ3n) is 2.96. The lowest BCUT2D eigenvalue weighted by molar-refractivity contribution is 0.190. The molecule has 1 N–H and O–H groups in total. The number of hydrogen-bond donors (Lipinski definition) is 1. The van der Waals surface area contributed by atoms with Crippen LogP contribution in [0, 0.1) is 6.92 Å². The van der Waals surface area contributed by atoms with Gasteiger partial charge in [-0.15, -0.1) is 0 Å². The third-order valence-corrected chi connectivity index (χ3v) is 3.73. The highest BCUT2D eigenvalue weighted by atomic mass is 79.9. The number of rotatable bonds is 4. The van der Waals surface area contributed by atoms with E-state index >= 15 is 0 Å². The summed E-state index contributed by atoms with van der Waals surface area (Å²) in [4.78, 5) is 0. The smallest absolute Gasteiger partial charge is 0.125 e. The van der Waals surface area contributed by atoms with Crippen LogP contribution in [0.4, 0.5) is 0 Å². The number of ether oxygens (including phenoxy) is 1. The Labute approximate surface area is 122 Å². The summed E-state index contributed by atoms with van der Waals surface area (Å²) in [5.41, 5.74) is 3.02. The van der Waals surface area contributed by atoms with Crippen LogP contribution >= 0.6 is 15.9 Å². The van der Waals surface area contributed by atoms with E-state index in [0.717, 1.165) is 26.9 Å². The van der Waals surface area contributed by atoms with Gasteiger partial charge in [0.05, 0.1) is 6.10 Å². The van der Waals surface area contributed by atoms with Crippen LogP contribution in [-0.2, 0) is 6.61 Å². The first-order valence-corrected chi connectivity index (χ1v) is 7.02. The summed E-state index contributed by atoms with van der Waals surface area (Å²) in [6.07, 6.45) is -0.533. The zero-order valence-corrected chi connectivity index (χ0v) is 12.6. The summed E-state index contributed by atoms with van der Waals surface area (Å²) in [6.45, 7) is 4.23. The van der Waals surface area contributed by atoms with Crippen molar-refractivity contribution in [3.05, 3.63) is 63.6 Å². The zero-order valence-electron chi connectivity index (χ0n) is 11.1. The van der Waals surface area contributed by atoms with Crippen LogP contribution in [0.5, 0.6) is 5.75 Å². The fraction of sp³-hybridized carbons (Fsp3) is 0.250. The Balaban J connectivity index is 2.19. The normalized spacial score (nSPS) is 12.2. The number of aliphatic hydroxyl groups is 1. The van der Waals surface area contributed by atoms with Gasteiger partial charge >= 0.3 is 0 Å². The van der Waals surface area contributed by atoms with Crippen molar-refractivity contribution in [2.24, 2.45) is 0 Å². The van der Waals surface area contributed by atoms with Crippen LogP contribution in [0.25, 0.3) is 0 Å². The van der Waals surface area contributed by atoms with Gasteiger partial charge in [-0.25, -0.2) is 0 Å². The Hall–Kier alpha value is -1.32. The molecule has 0 aliphatic rings. The summed E-state index contributed by atoms with van der Waals surface area (Å²) in [5.74, 6) is 0.741. The van der Waals surface area contributed by atoms with E-state index in [1.165, 1.54) is 0 Å². The van der Waals surface area contributed by atoms with Crippen LogP contribution in [-0.4, -0.2) is 5.11 Å². The minimum atomic E-state index is -0.533. The van der Waals surface area contributed by atoms with Crippen molar-refractivity contribution in [3.8, 4) is 5.75 Å². The van der Waals surface area contributed by atoms with Crippen LogP contribution in [0.3, 0.4) is 0 Å². The highest BCUT2D eigenvalue weighted by Crippen LogP contribution is 2.27. The fourth-order valence-corrected chi connectivity index (χ4v) is 2.28. The molecular formula is C16H17BrO2. The first-order chi connectivity index (χ1) is 9.08. The lowest BCUT2D eigenvalue weighted by atomic mass is 10.1. The topological polar surface area (TPSA) is 29.5 Å². The van der Waals surface area contributed by atoms with E-state index in [1.54, 1.807) is 6.92 Å². The van der Waals surface area contributed by atoms with E-state index in [0.29, 0.717) is 6.61 Å². The van der Waals surface area contributed by atoms with Crippen LogP contribution in [0.15, 0.2) is 46.9 Å². The standard InChI is InChI=1S/C16H17BrO2/c1-11-7-8-14(12(2)18)16(9-11)19-10-13-5-3-4-6-15(13)17/h3-9,12,18H,10H2,1-2H3/t12-/m1/s1. The Morgan fingerprint density at radius 2 is 1.95 bits per heavy atom. The van der Waals surface area contributed by atoms with Gasteiger partial charge in [0.2, 0.25) is 0 Å². The van der Waals surface area contributed by atoms with Gasteiger partial charge in [0.25, 0.3) is 0 Å². The zero-order chi connectivity index (χ0) is 13.8. The molecular weight excluding hydrogens is 304 g/mol. The Kier molecular flexibility index (Phi) is 4.61. The number of aryl methyl sites for hydroxylation is 1. The summed E-state index contributed by atoms with van der Waals surface area (Å²) in [7, 11) is 0. The maximum absolute atomic E-state index is 9.76. The van der Waals surface area contributed by atoms with E-state index in [9.17, 15) is 5.11 Å². The molecule has 0 bridgehead atoms. The van der Waals surface area contributed by atoms with E-state index in [-0.39, 0.29) is 0 Å². The molecule has 0 fully saturated rings. The summed E-state index contributed by atoms with van der Waals surface area (Å²) in [6, 6.07) is 13.8. The molecule has 2 rings (SSSR count). The first kappa shape index (κ1) is 14.1. The van der Waals surface area contributed by atoms with Gasteiger partial charge in [-0.1, -0.05) is 46.3 Å². The van der Waals surface area contributed by atoms with E-state index in [2.05, 4.69) is 15.9 Å². The fourth-order valence-electron chi connectivity index (χ4n) is 1.88. The van der Waals surface area contributed by atoms with E-state index in [4.69, 9.17) is 4.74 Å². The quantitative estimate of drug-likeness (QED) is 0.905. The van der Waals surface area contributed by atoms with E-state index in [1.807, 2.05) is 49.4 Å². The van der Waals surface area contributed by atoms with Gasteiger partial charge in [-0.3, -0.25) is 0 Å². The van der Waals surface area contributed by atoms with Crippen molar-refractivity contribution in [2.75, 3.05) is 0 Å². The monoisotopic (exact) mass is 320 g/mol. The van der Waals surface area contributed by atoms with Crippen LogP contribution < -0.4 is 4.74 Å². The molecule has 2 nitrogen and oxygen atoms in total. The number of hydrogen-bond acceptors (Lipinski definition) is 2. The molecule has 3 heteroatoms. The van der Waals surface area contributed by atoms with Gasteiger partial charge < -0.3 is 9.84 Å². The first-order valence-electron chi connectivity index (χ1n) is 6.22. The maximum atomic E-state index is 9.76. The van der Waals surface area contributed by atoms with E-state index < -0.39 is 6.10 Å². The minimum absolute atomic E-state index is 0.477. The lowest BCUT2D eigenvalue weighted by Crippen LogP contribution is -2.02. The number of benzene rings is 2. The molecule has 0 aliphatic heterocycles. The largest absolute Gasteiger partial charge is 0.488 e. The molecule has 1 atom stereocenters. The molecule has 0 radical (unpaired) electrons. The van der Waals surface area contributed by atoms with Gasteiger partial charge in [-0.2, -0.15) is 0 Å². The lowest BCUT2D eigenvalue weighted by Gasteiger charge is -2.14. The molecule has 0 spiro atoms. The molecule has 0 saturated heterocycles. The van der Waals surface area contributed by atoms with Gasteiger partial charge in [0.15, 0.2) is 0 Å². The molecule has 0 aromatic heterocycles. The second-order valence-electron chi connectivity index (χ2n) is 4.60. The SMILES string of the molecule is Cc1ccc([C@@H](C)O)c(OCc2ccccc2Br)c1. The van der Waals surface area contributed by atoms with Gasteiger partial charge in [0.1, 0.15) is 12.4 Å². The van der Waals surface area contributed by atoms with Gasteiger partial charge in [-0.05, 0) is 31.5 Å². The Morgan fingerprint density at radius 1 is 1.21 bits per heavy atom. The average molecular weight is 321 g/mol. The average Bonchev–Trinajstić information content (AvgIpc) is 2.37. The second kappa shape index (κ2) is 6.22. The van der Waals surface area contributed by atoms with Gasteiger partial charge in [0, 0.05) is 15.6 Å². The molecule has 0 saturated carbocycles. The van der Waals surface area contributed by atoms with Crippen molar-refractivity contribution in [1.82, 2.24) is 0 Å². The highest BCUT2D eigenvalue weighted by molar-refractivity contribution is 9.10. The maximum Gasteiger partial charge on any atom is 0.125 e. The number of aliphatic hydroxyl groups excluding tert-OH is 1. The molecule has 19 heavy (non-hydrogen) atoms. The van der Waals surface area contributed by atoms with Crippen molar-refractivity contribution >= 4 is 15.9 Å². The molecule has 0 unspecified atom stereocenters. The van der Waals surface area contributed by atoms with Crippen molar-refractivity contribution < 1.29 is 9.84 Å². The van der Waals surface area contributed by atoms with Crippen molar-refractivity contribution in [2.45, 2.75) is 26.6 Å².